The zero-order valence-electron chi connectivity index (χ0n) is 14.2. The van der Waals surface area contributed by atoms with Crippen LogP contribution in [0, 0.1) is 11.2 Å². The number of β-amino-alcohol motifs (C(OH)–C–C–N with tert-alkyl or cyclic N) is 1. The maximum Gasteiger partial charge on any atom is 0.229 e. The molecule has 1 aliphatic carbocycles. The summed E-state index contributed by atoms with van der Waals surface area (Å²) in [6.45, 7) is -0.122. The SMILES string of the molecule is O=C1CC2(CCCCC2)CC(=O)N1C[C@H](O)COc1ccc(F)cc1. The van der Waals surface area contributed by atoms with Crippen LogP contribution < -0.4 is 4.74 Å². The van der Waals surface area contributed by atoms with E-state index in [0.717, 1.165) is 25.7 Å². The third kappa shape index (κ3) is 4.37. The zero-order valence-corrected chi connectivity index (χ0v) is 14.2. The summed E-state index contributed by atoms with van der Waals surface area (Å²) in [6.07, 6.45) is 5.02. The summed E-state index contributed by atoms with van der Waals surface area (Å²) in [4.78, 5) is 26.0. The molecule has 1 saturated carbocycles. The number of rotatable bonds is 5. The quantitative estimate of drug-likeness (QED) is 0.830. The third-order valence-corrected chi connectivity index (χ3v) is 5.22. The van der Waals surface area contributed by atoms with Crippen molar-refractivity contribution in [2.45, 2.75) is 51.0 Å². The fourth-order valence-electron chi connectivity index (χ4n) is 3.88. The van der Waals surface area contributed by atoms with Gasteiger partial charge in [0.05, 0.1) is 6.54 Å². The second-order valence-corrected chi connectivity index (χ2v) is 7.23. The molecule has 25 heavy (non-hydrogen) atoms. The molecule has 2 amide bonds. The number of aliphatic hydroxyl groups excluding tert-OH is 1. The molecular formula is C19H24FNO4. The molecule has 0 radical (unpaired) electrons. The van der Waals surface area contributed by atoms with Gasteiger partial charge in [-0.3, -0.25) is 14.5 Å². The number of amides is 2. The van der Waals surface area contributed by atoms with Gasteiger partial charge in [-0.2, -0.15) is 0 Å². The lowest BCUT2D eigenvalue weighted by Gasteiger charge is -2.42. The second-order valence-electron chi connectivity index (χ2n) is 7.23. The lowest BCUT2D eigenvalue weighted by molar-refractivity contribution is -0.156. The normalized spacial score (nSPS) is 21.4. The minimum absolute atomic E-state index is 0.0606. The molecule has 0 bridgehead atoms. The number of aliphatic hydroxyl groups is 1. The summed E-state index contributed by atoms with van der Waals surface area (Å²) < 4.78 is 18.2. The van der Waals surface area contributed by atoms with Gasteiger partial charge >= 0.3 is 0 Å². The molecule has 1 spiro atoms. The molecule has 6 heteroatoms. The number of carbonyl (C=O) groups is 2. The summed E-state index contributed by atoms with van der Waals surface area (Å²) in [7, 11) is 0. The van der Waals surface area contributed by atoms with Gasteiger partial charge in [0.2, 0.25) is 11.8 Å². The Morgan fingerprint density at radius 3 is 2.28 bits per heavy atom. The molecule has 1 saturated heterocycles. The number of hydrogen-bond acceptors (Lipinski definition) is 4. The van der Waals surface area contributed by atoms with Crippen LogP contribution in [0.3, 0.4) is 0 Å². The molecule has 2 aliphatic rings. The van der Waals surface area contributed by atoms with Crippen LogP contribution in [-0.4, -0.2) is 41.1 Å². The van der Waals surface area contributed by atoms with Crippen molar-refractivity contribution >= 4 is 11.8 Å². The molecule has 0 aromatic heterocycles. The number of halogens is 1. The number of benzene rings is 1. The Bertz CT molecular complexity index is 605. The molecule has 1 aliphatic heterocycles. The van der Waals surface area contributed by atoms with Crippen LogP contribution >= 0.6 is 0 Å². The Morgan fingerprint density at radius 1 is 1.08 bits per heavy atom. The minimum atomic E-state index is -0.974. The molecule has 1 aromatic rings. The Hall–Kier alpha value is -1.95. The number of carbonyl (C=O) groups excluding carboxylic acids is 2. The topological polar surface area (TPSA) is 66.8 Å². The van der Waals surface area contributed by atoms with Crippen LogP contribution in [0.25, 0.3) is 0 Å². The van der Waals surface area contributed by atoms with E-state index < -0.39 is 6.10 Å². The number of ether oxygens (including phenoxy) is 1. The highest BCUT2D eigenvalue weighted by Gasteiger charge is 2.44. The van der Waals surface area contributed by atoms with E-state index in [-0.39, 0.29) is 36.2 Å². The molecule has 1 aromatic carbocycles. The Labute approximate surface area is 146 Å². The fraction of sp³-hybridized carbons (Fsp3) is 0.579. The monoisotopic (exact) mass is 349 g/mol. The van der Waals surface area contributed by atoms with Gasteiger partial charge in [-0.1, -0.05) is 19.3 Å². The van der Waals surface area contributed by atoms with Crippen molar-refractivity contribution in [1.82, 2.24) is 4.90 Å². The van der Waals surface area contributed by atoms with Crippen LogP contribution in [0.2, 0.25) is 0 Å². The van der Waals surface area contributed by atoms with Crippen molar-refractivity contribution in [1.29, 1.82) is 0 Å². The van der Waals surface area contributed by atoms with Crippen molar-refractivity contribution in [2.75, 3.05) is 13.2 Å². The molecule has 0 unspecified atom stereocenters. The molecular weight excluding hydrogens is 325 g/mol. The van der Waals surface area contributed by atoms with Crippen molar-refractivity contribution in [2.24, 2.45) is 5.41 Å². The number of likely N-dealkylation sites (tertiary alicyclic amines) is 1. The molecule has 1 atom stereocenters. The van der Waals surface area contributed by atoms with Gasteiger partial charge in [0.1, 0.15) is 24.3 Å². The summed E-state index contributed by atoms with van der Waals surface area (Å²) in [5.74, 6) is -0.329. The lowest BCUT2D eigenvalue weighted by atomic mass is 9.67. The highest BCUT2D eigenvalue weighted by molar-refractivity contribution is 5.98. The largest absolute Gasteiger partial charge is 0.491 e. The standard InChI is InChI=1S/C19H24FNO4/c20-14-4-6-16(7-5-14)25-13-15(22)12-21-17(23)10-19(11-18(21)24)8-2-1-3-9-19/h4-7,15,22H,1-3,8-13H2/t15-/m0/s1. The van der Waals surface area contributed by atoms with Crippen LogP contribution in [0.15, 0.2) is 24.3 Å². The van der Waals surface area contributed by atoms with Crippen molar-refractivity contribution in [3.05, 3.63) is 30.1 Å². The second kappa shape index (κ2) is 7.52. The Morgan fingerprint density at radius 2 is 1.68 bits per heavy atom. The van der Waals surface area contributed by atoms with Gasteiger partial charge in [0.25, 0.3) is 0 Å². The van der Waals surface area contributed by atoms with Crippen LogP contribution in [0.1, 0.15) is 44.9 Å². The first-order valence-corrected chi connectivity index (χ1v) is 8.87. The average molecular weight is 349 g/mol. The van der Waals surface area contributed by atoms with Crippen molar-refractivity contribution < 1.29 is 23.8 Å². The van der Waals surface area contributed by atoms with E-state index in [1.165, 1.54) is 35.6 Å². The Balaban J connectivity index is 1.52. The molecule has 3 rings (SSSR count). The van der Waals surface area contributed by atoms with Gasteiger partial charge in [-0.25, -0.2) is 4.39 Å². The lowest BCUT2D eigenvalue weighted by Crippen LogP contribution is -2.51. The van der Waals surface area contributed by atoms with E-state index in [1.807, 2.05) is 0 Å². The summed E-state index contributed by atoms with van der Waals surface area (Å²) in [5.41, 5.74) is -0.154. The predicted octanol–water partition coefficient (Wildman–Crippen LogP) is 2.66. The molecule has 1 heterocycles. The van der Waals surface area contributed by atoms with E-state index in [9.17, 15) is 19.1 Å². The first-order chi connectivity index (χ1) is 12.0. The molecule has 5 nitrogen and oxygen atoms in total. The first-order valence-electron chi connectivity index (χ1n) is 8.87. The van der Waals surface area contributed by atoms with Crippen molar-refractivity contribution in [3.63, 3.8) is 0 Å². The number of imide groups is 1. The third-order valence-electron chi connectivity index (χ3n) is 5.22. The maximum absolute atomic E-state index is 12.8. The molecule has 2 fully saturated rings. The van der Waals surface area contributed by atoms with E-state index in [1.54, 1.807) is 0 Å². The summed E-state index contributed by atoms with van der Waals surface area (Å²) in [6, 6.07) is 5.46. The molecule has 136 valence electrons. The maximum atomic E-state index is 12.8. The highest BCUT2D eigenvalue weighted by Crippen LogP contribution is 2.45. The van der Waals surface area contributed by atoms with E-state index in [0.29, 0.717) is 18.6 Å². The van der Waals surface area contributed by atoms with E-state index >= 15 is 0 Å². The number of hydrogen-bond donors (Lipinski definition) is 1. The molecule has 1 N–H and O–H groups in total. The van der Waals surface area contributed by atoms with Gasteiger partial charge in [0.15, 0.2) is 0 Å². The smallest absolute Gasteiger partial charge is 0.229 e. The highest BCUT2D eigenvalue weighted by atomic mass is 19.1. The van der Waals surface area contributed by atoms with Gasteiger partial charge in [-0.05, 0) is 42.5 Å². The summed E-state index contributed by atoms with van der Waals surface area (Å²) >= 11 is 0. The van der Waals surface area contributed by atoms with Gasteiger partial charge in [0, 0.05) is 12.8 Å². The van der Waals surface area contributed by atoms with Crippen LogP contribution in [-0.2, 0) is 9.59 Å². The minimum Gasteiger partial charge on any atom is -0.491 e. The Kier molecular flexibility index (Phi) is 5.37. The van der Waals surface area contributed by atoms with Gasteiger partial charge < -0.3 is 9.84 Å². The first kappa shape index (κ1) is 17.9. The van der Waals surface area contributed by atoms with Crippen LogP contribution in [0.4, 0.5) is 4.39 Å². The number of nitrogens with zero attached hydrogens (tertiary/aromatic N) is 1. The average Bonchev–Trinajstić information content (AvgIpc) is 2.58. The fourth-order valence-corrected chi connectivity index (χ4v) is 3.88. The van der Waals surface area contributed by atoms with E-state index in [2.05, 4.69) is 0 Å². The summed E-state index contributed by atoms with van der Waals surface area (Å²) in [5, 5.41) is 10.1. The number of piperidine rings is 1. The van der Waals surface area contributed by atoms with Crippen molar-refractivity contribution in [3.8, 4) is 5.75 Å². The predicted molar refractivity (Wildman–Crippen MR) is 89.4 cm³/mol. The van der Waals surface area contributed by atoms with Gasteiger partial charge in [-0.15, -0.1) is 0 Å². The van der Waals surface area contributed by atoms with Crippen LogP contribution in [0.5, 0.6) is 5.75 Å². The van der Waals surface area contributed by atoms with E-state index in [4.69, 9.17) is 4.74 Å². The zero-order chi connectivity index (χ0) is 17.9.